The van der Waals surface area contributed by atoms with E-state index in [-0.39, 0.29) is 6.54 Å². The number of hydrogen-bond donors (Lipinski definition) is 2. The van der Waals surface area contributed by atoms with Gasteiger partial charge in [-0.25, -0.2) is 9.78 Å². The normalized spacial score (nSPS) is 12.4. The number of carbonyl (C=O) groups excluding carboxylic acids is 1. The lowest BCUT2D eigenvalue weighted by atomic mass is 10.1. The summed E-state index contributed by atoms with van der Waals surface area (Å²) in [6.45, 7) is 1.91. The molecule has 2 N–H and O–H groups in total. The molecular formula is C18H21F3N4O. The molecule has 0 unspecified atom stereocenters. The molecule has 0 aliphatic carbocycles. The van der Waals surface area contributed by atoms with Crippen LogP contribution in [0.25, 0.3) is 0 Å². The number of anilines is 1. The fourth-order valence-electron chi connectivity index (χ4n) is 2.31. The zero-order valence-electron chi connectivity index (χ0n) is 14.8. The number of halogens is 3. The Labute approximate surface area is 150 Å². The number of hydrogen-bond acceptors (Lipinski definition) is 3. The summed E-state index contributed by atoms with van der Waals surface area (Å²) < 4.78 is 38.4. The van der Waals surface area contributed by atoms with E-state index in [1.807, 2.05) is 25.1 Å². The zero-order valence-corrected chi connectivity index (χ0v) is 14.8. The van der Waals surface area contributed by atoms with Crippen molar-refractivity contribution in [3.63, 3.8) is 0 Å². The first-order valence-corrected chi connectivity index (χ1v) is 8.00. The van der Waals surface area contributed by atoms with Crippen molar-refractivity contribution in [2.45, 2.75) is 25.7 Å². The molecule has 26 heavy (non-hydrogen) atoms. The second kappa shape index (κ2) is 8.07. The molecule has 8 heteroatoms. The molecule has 2 aromatic rings. The third kappa shape index (κ3) is 5.37. The van der Waals surface area contributed by atoms with Gasteiger partial charge in [-0.1, -0.05) is 12.1 Å². The van der Waals surface area contributed by atoms with Crippen LogP contribution < -0.4 is 15.5 Å². The van der Waals surface area contributed by atoms with Crippen LogP contribution in [0.15, 0.2) is 42.6 Å². The number of nitrogens with one attached hydrogen (secondary N) is 2. The second-order valence-corrected chi connectivity index (χ2v) is 6.09. The fraction of sp³-hybridized carbons (Fsp3) is 0.333. The molecule has 0 spiro atoms. The molecule has 1 aromatic carbocycles. The first-order chi connectivity index (χ1) is 12.2. The maximum Gasteiger partial charge on any atom is 0.416 e. The minimum absolute atomic E-state index is 0.282. The van der Waals surface area contributed by atoms with Crippen LogP contribution in [-0.2, 0) is 12.7 Å². The number of aromatic nitrogens is 1. The quantitative estimate of drug-likeness (QED) is 0.848. The molecule has 0 radical (unpaired) electrons. The van der Waals surface area contributed by atoms with Crippen molar-refractivity contribution < 1.29 is 18.0 Å². The van der Waals surface area contributed by atoms with Gasteiger partial charge in [0.1, 0.15) is 5.82 Å². The molecular weight excluding hydrogens is 345 g/mol. The van der Waals surface area contributed by atoms with Crippen LogP contribution >= 0.6 is 0 Å². The van der Waals surface area contributed by atoms with Crippen LogP contribution in [-0.4, -0.2) is 25.1 Å². The van der Waals surface area contributed by atoms with Crippen LogP contribution in [0.3, 0.4) is 0 Å². The molecule has 2 rings (SSSR count). The number of benzene rings is 1. The van der Waals surface area contributed by atoms with Gasteiger partial charge in [0, 0.05) is 26.8 Å². The van der Waals surface area contributed by atoms with Crippen molar-refractivity contribution in [2.75, 3.05) is 19.0 Å². The van der Waals surface area contributed by atoms with E-state index in [1.54, 1.807) is 25.3 Å². The minimum Gasteiger partial charge on any atom is -0.363 e. The molecule has 5 nitrogen and oxygen atoms in total. The van der Waals surface area contributed by atoms with E-state index in [2.05, 4.69) is 15.6 Å². The van der Waals surface area contributed by atoms with E-state index < -0.39 is 23.8 Å². The van der Waals surface area contributed by atoms with Crippen LogP contribution in [0, 0.1) is 0 Å². The van der Waals surface area contributed by atoms with Gasteiger partial charge in [0.25, 0.3) is 0 Å². The molecule has 0 saturated heterocycles. The summed E-state index contributed by atoms with van der Waals surface area (Å²) in [6, 6.07) is 7.52. The Bertz CT molecular complexity index is 762. The van der Waals surface area contributed by atoms with Gasteiger partial charge in [0.2, 0.25) is 0 Å². The van der Waals surface area contributed by atoms with E-state index in [0.29, 0.717) is 5.56 Å². The maximum atomic E-state index is 12.8. The monoisotopic (exact) mass is 366 g/mol. The van der Waals surface area contributed by atoms with Crippen LogP contribution in [0.1, 0.15) is 29.7 Å². The lowest BCUT2D eigenvalue weighted by Crippen LogP contribution is -2.36. The zero-order chi connectivity index (χ0) is 19.3. The minimum atomic E-state index is -4.41. The number of amides is 2. The number of alkyl halides is 3. The Morgan fingerprint density at radius 3 is 2.62 bits per heavy atom. The molecule has 1 aromatic heterocycles. The Morgan fingerprint density at radius 1 is 1.23 bits per heavy atom. The van der Waals surface area contributed by atoms with Gasteiger partial charge in [0.05, 0.1) is 11.6 Å². The Morgan fingerprint density at radius 2 is 1.96 bits per heavy atom. The van der Waals surface area contributed by atoms with E-state index >= 15 is 0 Å². The Balaban J connectivity index is 1.94. The summed E-state index contributed by atoms with van der Waals surface area (Å²) in [5.74, 6) is 0.766. The summed E-state index contributed by atoms with van der Waals surface area (Å²) in [6.07, 6.45) is -2.76. The van der Waals surface area contributed by atoms with Gasteiger partial charge in [-0.15, -0.1) is 0 Å². The predicted molar refractivity (Wildman–Crippen MR) is 93.8 cm³/mol. The second-order valence-electron chi connectivity index (χ2n) is 6.09. The number of pyridine rings is 1. The summed E-state index contributed by atoms with van der Waals surface area (Å²) in [5, 5.41) is 5.33. The van der Waals surface area contributed by atoms with Crippen LogP contribution in [0.5, 0.6) is 0 Å². The third-order valence-corrected chi connectivity index (χ3v) is 3.78. The average molecular weight is 366 g/mol. The summed E-state index contributed by atoms with van der Waals surface area (Å²) >= 11 is 0. The highest BCUT2D eigenvalue weighted by atomic mass is 19.4. The first kappa shape index (κ1) is 19.6. The van der Waals surface area contributed by atoms with Crippen molar-refractivity contribution in [2.24, 2.45) is 0 Å². The van der Waals surface area contributed by atoms with E-state index in [9.17, 15) is 18.0 Å². The topological polar surface area (TPSA) is 57.3 Å². The van der Waals surface area contributed by atoms with Crippen LogP contribution in [0.2, 0.25) is 0 Å². The van der Waals surface area contributed by atoms with E-state index in [4.69, 9.17) is 0 Å². The van der Waals surface area contributed by atoms with Crippen molar-refractivity contribution in [1.82, 2.24) is 15.6 Å². The summed E-state index contributed by atoms with van der Waals surface area (Å²) in [7, 11) is 3.73. The van der Waals surface area contributed by atoms with Crippen molar-refractivity contribution in [1.29, 1.82) is 0 Å². The molecule has 0 aliphatic rings. The van der Waals surface area contributed by atoms with Gasteiger partial charge < -0.3 is 15.5 Å². The van der Waals surface area contributed by atoms with Gasteiger partial charge in [-0.05, 0) is 42.3 Å². The number of urea groups is 1. The van der Waals surface area contributed by atoms with Crippen LogP contribution in [0.4, 0.5) is 23.8 Å². The predicted octanol–water partition coefficient (Wildman–Crippen LogP) is 3.73. The molecule has 0 fully saturated rings. The first-order valence-electron chi connectivity index (χ1n) is 8.00. The third-order valence-electron chi connectivity index (χ3n) is 3.78. The van der Waals surface area contributed by atoms with E-state index in [0.717, 1.165) is 23.5 Å². The standard InChI is InChI=1S/C18H21F3N4O/c1-12(14-5-4-6-15(10-14)18(19,20)21)24-17(26)23-11-13-7-8-22-16(9-13)25(2)3/h4-10,12H,11H2,1-3H3,(H2,23,24,26)/t12-/m1/s1. The highest BCUT2D eigenvalue weighted by molar-refractivity contribution is 5.74. The molecule has 1 atom stereocenters. The Kier molecular flexibility index (Phi) is 6.07. The number of carbonyl (C=O) groups is 1. The number of rotatable bonds is 5. The van der Waals surface area contributed by atoms with Crippen molar-refractivity contribution >= 4 is 11.8 Å². The summed E-state index contributed by atoms with van der Waals surface area (Å²) in [5.41, 5.74) is 0.511. The van der Waals surface area contributed by atoms with Gasteiger partial charge in [-0.3, -0.25) is 0 Å². The molecule has 140 valence electrons. The smallest absolute Gasteiger partial charge is 0.363 e. The van der Waals surface area contributed by atoms with Crippen molar-refractivity contribution in [3.05, 3.63) is 59.3 Å². The highest BCUT2D eigenvalue weighted by Crippen LogP contribution is 2.30. The average Bonchev–Trinajstić information content (AvgIpc) is 2.59. The SMILES string of the molecule is C[C@@H](NC(=O)NCc1ccnc(N(C)C)c1)c1cccc(C(F)(F)F)c1. The maximum absolute atomic E-state index is 12.8. The molecule has 0 aliphatic heterocycles. The lowest BCUT2D eigenvalue weighted by molar-refractivity contribution is -0.137. The lowest BCUT2D eigenvalue weighted by Gasteiger charge is -2.17. The molecule has 0 bridgehead atoms. The van der Waals surface area contributed by atoms with Crippen molar-refractivity contribution in [3.8, 4) is 0 Å². The molecule has 0 saturated carbocycles. The highest BCUT2D eigenvalue weighted by Gasteiger charge is 2.30. The Hall–Kier alpha value is -2.77. The van der Waals surface area contributed by atoms with Gasteiger partial charge in [0.15, 0.2) is 0 Å². The molecule has 1 heterocycles. The van der Waals surface area contributed by atoms with Gasteiger partial charge >= 0.3 is 12.2 Å². The number of nitrogens with zero attached hydrogens (tertiary/aromatic N) is 2. The van der Waals surface area contributed by atoms with E-state index in [1.165, 1.54) is 6.07 Å². The molecule has 2 amide bonds. The summed E-state index contributed by atoms with van der Waals surface area (Å²) in [4.78, 5) is 18.1. The fourth-order valence-corrected chi connectivity index (χ4v) is 2.31. The largest absolute Gasteiger partial charge is 0.416 e. The van der Waals surface area contributed by atoms with Gasteiger partial charge in [-0.2, -0.15) is 13.2 Å².